The van der Waals surface area contributed by atoms with Crippen molar-refractivity contribution in [3.63, 3.8) is 0 Å². The van der Waals surface area contributed by atoms with Crippen molar-refractivity contribution in [1.29, 1.82) is 0 Å². The molecule has 0 aliphatic carbocycles. The molecule has 1 saturated heterocycles. The van der Waals surface area contributed by atoms with E-state index in [0.29, 0.717) is 24.4 Å². The number of benzene rings is 1. The van der Waals surface area contributed by atoms with E-state index in [1.807, 2.05) is 6.07 Å². The average molecular weight is 494 g/mol. The second-order valence-corrected chi connectivity index (χ2v) is 10.2. The van der Waals surface area contributed by atoms with E-state index in [1.54, 1.807) is 30.3 Å². The van der Waals surface area contributed by atoms with Crippen LogP contribution in [0.5, 0.6) is 0 Å². The Hall–Kier alpha value is -2.49. The molecule has 0 radical (unpaired) electrons. The number of amides is 1. The van der Waals surface area contributed by atoms with Gasteiger partial charge >= 0.3 is 5.97 Å². The van der Waals surface area contributed by atoms with Gasteiger partial charge in [0.2, 0.25) is 15.9 Å². The van der Waals surface area contributed by atoms with Crippen molar-refractivity contribution in [3.05, 3.63) is 59.4 Å². The van der Waals surface area contributed by atoms with Crippen LogP contribution in [0.4, 0.5) is 0 Å². The molecule has 1 fully saturated rings. The van der Waals surface area contributed by atoms with Crippen LogP contribution in [-0.2, 0) is 30.9 Å². The van der Waals surface area contributed by atoms with E-state index in [-0.39, 0.29) is 49.4 Å². The van der Waals surface area contributed by atoms with Gasteiger partial charge in [-0.25, -0.2) is 8.42 Å². The standard InChI is InChI=1S/C23H28ClN3O5S/c1-2-32-22(28)11-14-26(16-18-5-3-12-25-15-18)23(29)19-6-4-13-27(17-19)33(30,31)21-9-7-20(24)8-10-21/h3,5,7-10,12,15,19H,2,4,6,11,13-14,16-17H2,1H3. The number of hydrogen-bond donors (Lipinski definition) is 0. The number of halogens is 1. The molecule has 1 atom stereocenters. The summed E-state index contributed by atoms with van der Waals surface area (Å²) in [6.07, 6.45) is 4.54. The molecular weight excluding hydrogens is 466 g/mol. The fraction of sp³-hybridized carbons (Fsp3) is 0.435. The van der Waals surface area contributed by atoms with E-state index in [9.17, 15) is 18.0 Å². The van der Waals surface area contributed by atoms with Gasteiger partial charge in [0.25, 0.3) is 0 Å². The van der Waals surface area contributed by atoms with Crippen LogP contribution in [0.1, 0.15) is 31.7 Å². The number of ether oxygens (including phenoxy) is 1. The minimum absolute atomic E-state index is 0.0688. The van der Waals surface area contributed by atoms with Crippen molar-refractivity contribution in [3.8, 4) is 0 Å². The summed E-state index contributed by atoms with van der Waals surface area (Å²) in [7, 11) is -3.74. The van der Waals surface area contributed by atoms with Gasteiger partial charge in [0.1, 0.15) is 0 Å². The molecule has 0 saturated carbocycles. The predicted molar refractivity (Wildman–Crippen MR) is 124 cm³/mol. The van der Waals surface area contributed by atoms with Gasteiger partial charge in [0.15, 0.2) is 0 Å². The highest BCUT2D eigenvalue weighted by molar-refractivity contribution is 7.89. The molecule has 0 bridgehead atoms. The fourth-order valence-electron chi connectivity index (χ4n) is 3.81. The van der Waals surface area contributed by atoms with Crippen LogP contribution in [0.25, 0.3) is 0 Å². The van der Waals surface area contributed by atoms with Crippen molar-refractivity contribution in [1.82, 2.24) is 14.2 Å². The Bertz CT molecular complexity index is 1050. The average Bonchev–Trinajstić information content (AvgIpc) is 2.82. The molecule has 0 N–H and O–H groups in total. The number of sulfonamides is 1. The number of rotatable bonds is 9. The normalized spacial score (nSPS) is 16.8. The molecule has 2 aromatic rings. The van der Waals surface area contributed by atoms with E-state index in [1.165, 1.54) is 28.6 Å². The van der Waals surface area contributed by atoms with E-state index in [2.05, 4.69) is 4.98 Å². The van der Waals surface area contributed by atoms with Gasteiger partial charge in [-0.15, -0.1) is 0 Å². The van der Waals surface area contributed by atoms with Crippen LogP contribution in [0.2, 0.25) is 5.02 Å². The Morgan fingerprint density at radius 3 is 2.67 bits per heavy atom. The minimum Gasteiger partial charge on any atom is -0.466 e. The molecule has 178 valence electrons. The Morgan fingerprint density at radius 2 is 2.00 bits per heavy atom. The first-order chi connectivity index (χ1) is 15.8. The third-order valence-electron chi connectivity index (χ3n) is 5.48. The molecule has 1 unspecified atom stereocenters. The molecule has 8 nitrogen and oxygen atoms in total. The zero-order valence-electron chi connectivity index (χ0n) is 18.5. The summed E-state index contributed by atoms with van der Waals surface area (Å²) in [6, 6.07) is 9.65. The zero-order valence-corrected chi connectivity index (χ0v) is 20.1. The summed E-state index contributed by atoms with van der Waals surface area (Å²) in [6.45, 7) is 2.91. The summed E-state index contributed by atoms with van der Waals surface area (Å²) in [5.74, 6) is -1.06. The molecule has 2 heterocycles. The smallest absolute Gasteiger partial charge is 0.307 e. The Labute approximate surface area is 199 Å². The van der Waals surface area contributed by atoms with Gasteiger partial charge in [-0.3, -0.25) is 14.6 Å². The lowest BCUT2D eigenvalue weighted by Crippen LogP contribution is -2.47. The second-order valence-electron chi connectivity index (χ2n) is 7.83. The maximum absolute atomic E-state index is 13.4. The monoisotopic (exact) mass is 493 g/mol. The molecule has 1 amide bonds. The number of nitrogens with zero attached hydrogens (tertiary/aromatic N) is 3. The Balaban J connectivity index is 1.75. The lowest BCUT2D eigenvalue weighted by molar-refractivity contribution is -0.145. The van der Waals surface area contributed by atoms with E-state index in [4.69, 9.17) is 16.3 Å². The summed E-state index contributed by atoms with van der Waals surface area (Å²) < 4.78 is 32.6. The number of carbonyl (C=O) groups is 2. The quantitative estimate of drug-likeness (QED) is 0.498. The lowest BCUT2D eigenvalue weighted by atomic mass is 9.97. The maximum atomic E-state index is 13.4. The van der Waals surface area contributed by atoms with Gasteiger partial charge in [-0.05, 0) is 55.7 Å². The molecule has 1 aliphatic rings. The van der Waals surface area contributed by atoms with Crippen molar-refractivity contribution >= 4 is 33.5 Å². The van der Waals surface area contributed by atoms with E-state index >= 15 is 0 Å². The SMILES string of the molecule is CCOC(=O)CCN(Cc1cccnc1)C(=O)C1CCCN(S(=O)(=O)c2ccc(Cl)cc2)C1. The van der Waals surface area contributed by atoms with Crippen LogP contribution in [0, 0.1) is 5.92 Å². The molecule has 10 heteroatoms. The van der Waals surface area contributed by atoms with Crippen molar-refractivity contribution in [2.45, 2.75) is 37.6 Å². The number of pyridine rings is 1. The second kappa shape index (κ2) is 11.6. The first-order valence-corrected chi connectivity index (χ1v) is 12.7. The topological polar surface area (TPSA) is 96.9 Å². The Kier molecular flexibility index (Phi) is 8.82. The highest BCUT2D eigenvalue weighted by Gasteiger charge is 2.35. The van der Waals surface area contributed by atoms with Crippen LogP contribution in [0.3, 0.4) is 0 Å². The highest BCUT2D eigenvalue weighted by Crippen LogP contribution is 2.26. The fourth-order valence-corrected chi connectivity index (χ4v) is 5.46. The van der Waals surface area contributed by atoms with Crippen LogP contribution < -0.4 is 0 Å². The molecule has 1 aromatic carbocycles. The lowest BCUT2D eigenvalue weighted by Gasteiger charge is -2.34. The number of aromatic nitrogens is 1. The highest BCUT2D eigenvalue weighted by atomic mass is 35.5. The van der Waals surface area contributed by atoms with Gasteiger partial charge in [0.05, 0.1) is 23.8 Å². The predicted octanol–water partition coefficient (Wildman–Crippen LogP) is 3.12. The van der Waals surface area contributed by atoms with Gasteiger partial charge < -0.3 is 9.64 Å². The number of hydrogen-bond acceptors (Lipinski definition) is 6. The first kappa shape index (κ1) is 25.1. The van der Waals surface area contributed by atoms with Crippen LogP contribution in [0.15, 0.2) is 53.7 Å². The summed E-state index contributed by atoms with van der Waals surface area (Å²) >= 11 is 5.89. The molecular formula is C23H28ClN3O5S. The largest absolute Gasteiger partial charge is 0.466 e. The third kappa shape index (κ3) is 6.75. The maximum Gasteiger partial charge on any atom is 0.307 e. The van der Waals surface area contributed by atoms with Crippen molar-refractivity contribution < 1.29 is 22.7 Å². The minimum atomic E-state index is -3.74. The van der Waals surface area contributed by atoms with E-state index < -0.39 is 15.9 Å². The van der Waals surface area contributed by atoms with Crippen LogP contribution in [-0.4, -0.2) is 60.7 Å². The molecule has 1 aromatic heterocycles. The van der Waals surface area contributed by atoms with Crippen LogP contribution >= 0.6 is 11.6 Å². The summed E-state index contributed by atoms with van der Waals surface area (Å²) in [5.41, 5.74) is 0.830. The number of carbonyl (C=O) groups excluding carboxylic acids is 2. The molecule has 3 rings (SSSR count). The van der Waals surface area contributed by atoms with Crippen molar-refractivity contribution in [2.24, 2.45) is 5.92 Å². The molecule has 1 aliphatic heterocycles. The van der Waals surface area contributed by atoms with Gasteiger partial charge in [-0.2, -0.15) is 4.31 Å². The van der Waals surface area contributed by atoms with Gasteiger partial charge in [0, 0.05) is 43.6 Å². The zero-order chi connectivity index (χ0) is 23.8. The number of piperidine rings is 1. The molecule has 0 spiro atoms. The third-order valence-corrected chi connectivity index (χ3v) is 7.62. The van der Waals surface area contributed by atoms with Gasteiger partial charge in [-0.1, -0.05) is 17.7 Å². The molecule has 33 heavy (non-hydrogen) atoms. The van der Waals surface area contributed by atoms with E-state index in [0.717, 1.165) is 5.56 Å². The first-order valence-electron chi connectivity index (χ1n) is 10.9. The summed E-state index contributed by atoms with van der Waals surface area (Å²) in [5, 5.41) is 0.452. The number of esters is 1. The Morgan fingerprint density at radius 1 is 1.24 bits per heavy atom. The summed E-state index contributed by atoms with van der Waals surface area (Å²) in [4.78, 5) is 31.2. The van der Waals surface area contributed by atoms with Crippen molar-refractivity contribution in [2.75, 3.05) is 26.2 Å².